The number of hydrogen-bond acceptors (Lipinski definition) is 2. The normalized spacial score (nSPS) is 23.9. The van der Waals surface area contributed by atoms with E-state index in [-0.39, 0.29) is 6.54 Å². The highest BCUT2D eigenvalue weighted by atomic mass is 19.3. The van der Waals surface area contributed by atoms with Crippen molar-refractivity contribution in [2.24, 2.45) is 0 Å². The van der Waals surface area contributed by atoms with Crippen LogP contribution in [0.15, 0.2) is 36.4 Å². The van der Waals surface area contributed by atoms with Crippen molar-refractivity contribution in [2.75, 3.05) is 13.1 Å². The molecule has 0 amide bonds. The van der Waals surface area contributed by atoms with Crippen LogP contribution in [-0.2, 0) is 0 Å². The molecule has 0 spiro atoms. The number of alkyl halides is 2. The highest BCUT2D eigenvalue weighted by molar-refractivity contribution is 6.08. The summed E-state index contributed by atoms with van der Waals surface area (Å²) in [5.74, 6) is -3.02. The minimum atomic E-state index is -3.02. The average molecular weight is 330 g/mol. The maximum Gasteiger partial charge on any atom is 0.283 e. The molecule has 2 heterocycles. The van der Waals surface area contributed by atoms with Gasteiger partial charge in [-0.05, 0) is 38.1 Å². The maximum absolute atomic E-state index is 14.7. The molecule has 0 aliphatic carbocycles. The number of fused-ring (bicyclic) bond motifs is 3. The molecule has 2 atom stereocenters. The highest BCUT2D eigenvalue weighted by Gasteiger charge is 2.48. The number of nitrogens with one attached hydrogen (secondary N) is 1. The second kappa shape index (κ2) is 5.26. The minimum absolute atomic E-state index is 0.166. The molecule has 1 aliphatic heterocycles. The van der Waals surface area contributed by atoms with E-state index in [1.807, 2.05) is 50.2 Å². The zero-order chi connectivity index (χ0) is 17.1. The quantitative estimate of drug-likeness (QED) is 0.716. The van der Waals surface area contributed by atoms with Gasteiger partial charge in [0, 0.05) is 28.4 Å². The second-order valence-corrected chi connectivity index (χ2v) is 6.82. The molecule has 5 heteroatoms. The monoisotopic (exact) mass is 330 g/mol. The predicted octanol–water partition coefficient (Wildman–Crippen LogP) is 3.55. The number of β-amino-alcohol motifs (C(OH)–C–C–N with tert-alkyl or cyclic N) is 1. The lowest BCUT2D eigenvalue weighted by molar-refractivity contribution is -0.110. The summed E-state index contributed by atoms with van der Waals surface area (Å²) in [6, 6.07) is 10.4. The molecule has 24 heavy (non-hydrogen) atoms. The number of benzene rings is 2. The van der Waals surface area contributed by atoms with E-state index in [1.54, 1.807) is 4.57 Å². The topological polar surface area (TPSA) is 37.2 Å². The Morgan fingerprint density at radius 3 is 2.08 bits per heavy atom. The van der Waals surface area contributed by atoms with Gasteiger partial charge in [0.15, 0.2) is 0 Å². The van der Waals surface area contributed by atoms with Gasteiger partial charge in [0.25, 0.3) is 5.92 Å². The molecule has 0 bridgehead atoms. The van der Waals surface area contributed by atoms with E-state index in [0.29, 0.717) is 0 Å². The third kappa shape index (κ3) is 2.23. The molecule has 126 valence electrons. The number of aryl methyl sites for hydroxylation is 2. The lowest BCUT2D eigenvalue weighted by atomic mass is 9.98. The van der Waals surface area contributed by atoms with Gasteiger partial charge in [-0.1, -0.05) is 23.3 Å². The third-order valence-corrected chi connectivity index (χ3v) is 4.90. The van der Waals surface area contributed by atoms with Crippen LogP contribution in [0.5, 0.6) is 0 Å². The largest absolute Gasteiger partial charge is 0.389 e. The van der Waals surface area contributed by atoms with Gasteiger partial charge in [0.05, 0.1) is 12.6 Å². The van der Waals surface area contributed by atoms with Gasteiger partial charge in [-0.2, -0.15) is 0 Å². The first-order valence-corrected chi connectivity index (χ1v) is 8.16. The molecule has 0 unspecified atom stereocenters. The Balaban J connectivity index is 2.10. The third-order valence-electron chi connectivity index (χ3n) is 4.90. The van der Waals surface area contributed by atoms with Crippen molar-refractivity contribution >= 4 is 21.8 Å². The van der Waals surface area contributed by atoms with Gasteiger partial charge >= 0.3 is 0 Å². The fourth-order valence-corrected chi connectivity index (χ4v) is 3.83. The summed E-state index contributed by atoms with van der Waals surface area (Å²) < 4.78 is 30.9. The SMILES string of the molecule is Cc1ccc2c(c1)c1cc(C)ccc1n2[C@@H]1[C@@H](O)CNCC1(F)F. The fourth-order valence-electron chi connectivity index (χ4n) is 3.83. The fraction of sp³-hybridized carbons (Fsp3) is 0.368. The Bertz CT molecular complexity index is 873. The minimum Gasteiger partial charge on any atom is -0.389 e. The van der Waals surface area contributed by atoms with Crippen molar-refractivity contribution in [1.29, 1.82) is 0 Å². The van der Waals surface area contributed by atoms with E-state index >= 15 is 0 Å². The van der Waals surface area contributed by atoms with E-state index in [1.165, 1.54) is 0 Å². The summed E-state index contributed by atoms with van der Waals surface area (Å²) in [5, 5.41) is 14.9. The van der Waals surface area contributed by atoms with Crippen LogP contribution in [0, 0.1) is 13.8 Å². The molecule has 3 nitrogen and oxygen atoms in total. The summed E-state index contributed by atoms with van der Waals surface area (Å²) in [7, 11) is 0. The lowest BCUT2D eigenvalue weighted by Crippen LogP contribution is -2.54. The van der Waals surface area contributed by atoms with Crippen LogP contribution in [0.1, 0.15) is 17.2 Å². The number of piperidine rings is 1. The van der Waals surface area contributed by atoms with Crippen molar-refractivity contribution in [3.63, 3.8) is 0 Å². The van der Waals surface area contributed by atoms with Crippen LogP contribution in [0.4, 0.5) is 8.78 Å². The van der Waals surface area contributed by atoms with Gasteiger partial charge < -0.3 is 15.0 Å². The van der Waals surface area contributed by atoms with Crippen molar-refractivity contribution in [3.05, 3.63) is 47.5 Å². The van der Waals surface area contributed by atoms with Crippen LogP contribution in [0.25, 0.3) is 21.8 Å². The van der Waals surface area contributed by atoms with Gasteiger partial charge in [-0.15, -0.1) is 0 Å². The Morgan fingerprint density at radius 1 is 1.04 bits per heavy atom. The number of aliphatic hydroxyl groups excluding tert-OH is 1. The van der Waals surface area contributed by atoms with Crippen LogP contribution in [0.2, 0.25) is 0 Å². The Labute approximate surface area is 138 Å². The molecule has 1 aromatic heterocycles. The number of aliphatic hydroxyl groups is 1. The summed E-state index contributed by atoms with van der Waals surface area (Å²) in [4.78, 5) is 0. The molecule has 1 aliphatic rings. The van der Waals surface area contributed by atoms with Crippen LogP contribution in [-0.4, -0.2) is 34.8 Å². The van der Waals surface area contributed by atoms with Gasteiger partial charge in [0.1, 0.15) is 6.04 Å². The lowest BCUT2D eigenvalue weighted by Gasteiger charge is -2.37. The summed E-state index contributed by atoms with van der Waals surface area (Å²) >= 11 is 0. The first-order chi connectivity index (χ1) is 11.4. The van der Waals surface area contributed by atoms with E-state index in [4.69, 9.17) is 0 Å². The maximum atomic E-state index is 14.7. The molecular weight excluding hydrogens is 310 g/mol. The number of hydrogen-bond donors (Lipinski definition) is 2. The molecule has 2 N–H and O–H groups in total. The van der Waals surface area contributed by atoms with E-state index < -0.39 is 24.6 Å². The van der Waals surface area contributed by atoms with Crippen molar-refractivity contribution in [2.45, 2.75) is 31.9 Å². The van der Waals surface area contributed by atoms with Crippen LogP contribution >= 0.6 is 0 Å². The Hall–Kier alpha value is -1.98. The summed E-state index contributed by atoms with van der Waals surface area (Å²) in [5.41, 5.74) is 3.65. The average Bonchev–Trinajstić information content (AvgIpc) is 2.80. The first-order valence-electron chi connectivity index (χ1n) is 8.16. The van der Waals surface area contributed by atoms with Crippen molar-refractivity contribution in [3.8, 4) is 0 Å². The zero-order valence-electron chi connectivity index (χ0n) is 13.7. The number of halogens is 2. The standard InChI is InChI=1S/C19H20F2N2O/c1-11-3-5-15-13(7-11)14-8-12(2)4-6-16(14)23(15)18-17(24)9-22-10-19(18,20)21/h3-8,17-18,22,24H,9-10H2,1-2H3/t17-,18+/m0/s1. The van der Waals surface area contributed by atoms with Crippen LogP contribution in [0.3, 0.4) is 0 Å². The molecule has 2 aromatic carbocycles. The zero-order valence-corrected chi connectivity index (χ0v) is 13.7. The molecular formula is C19H20F2N2O. The van der Waals surface area contributed by atoms with Crippen molar-refractivity contribution < 1.29 is 13.9 Å². The summed E-state index contributed by atoms with van der Waals surface area (Å²) in [6.45, 7) is 3.73. The molecule has 0 saturated carbocycles. The molecule has 0 radical (unpaired) electrons. The van der Waals surface area contributed by atoms with E-state index in [2.05, 4.69) is 5.32 Å². The summed E-state index contributed by atoms with van der Waals surface area (Å²) in [6.07, 6.45) is -1.14. The van der Waals surface area contributed by atoms with Gasteiger partial charge in [-0.3, -0.25) is 0 Å². The van der Waals surface area contributed by atoms with Gasteiger partial charge in [0.2, 0.25) is 0 Å². The van der Waals surface area contributed by atoms with Crippen molar-refractivity contribution in [1.82, 2.24) is 9.88 Å². The molecule has 4 rings (SSSR count). The van der Waals surface area contributed by atoms with E-state index in [9.17, 15) is 13.9 Å². The number of nitrogens with zero attached hydrogens (tertiary/aromatic N) is 1. The predicted molar refractivity (Wildman–Crippen MR) is 91.8 cm³/mol. The van der Waals surface area contributed by atoms with Crippen LogP contribution < -0.4 is 5.32 Å². The first kappa shape index (κ1) is 15.5. The number of aromatic nitrogens is 1. The number of rotatable bonds is 1. The molecule has 3 aromatic rings. The smallest absolute Gasteiger partial charge is 0.283 e. The Morgan fingerprint density at radius 2 is 1.58 bits per heavy atom. The Kier molecular flexibility index (Phi) is 3.41. The highest BCUT2D eigenvalue weighted by Crippen LogP contribution is 2.41. The second-order valence-electron chi connectivity index (χ2n) is 6.82. The van der Waals surface area contributed by atoms with E-state index in [0.717, 1.165) is 32.9 Å². The van der Waals surface area contributed by atoms with Gasteiger partial charge in [-0.25, -0.2) is 8.78 Å². The molecule has 1 saturated heterocycles. The molecule has 1 fully saturated rings.